The van der Waals surface area contributed by atoms with E-state index >= 15 is 0 Å². The van der Waals surface area contributed by atoms with Crippen LogP contribution in [0.15, 0.2) is 29.1 Å². The molecule has 0 aliphatic rings. The highest BCUT2D eigenvalue weighted by atomic mass is 32.1. The molecule has 0 bridgehead atoms. The van der Waals surface area contributed by atoms with Crippen molar-refractivity contribution < 1.29 is 14.3 Å². The number of aromatic amines is 1. The van der Waals surface area contributed by atoms with Gasteiger partial charge in [0.2, 0.25) is 5.91 Å². The molecule has 2 aromatic rings. The number of rotatable bonds is 8. The van der Waals surface area contributed by atoms with E-state index in [2.05, 4.69) is 10.3 Å². The molecule has 0 aliphatic carbocycles. The largest absolute Gasteiger partial charge is 0.497 e. The van der Waals surface area contributed by atoms with Gasteiger partial charge in [0.1, 0.15) is 11.5 Å². The fraction of sp³-hybridized carbons (Fsp3) is 0.312. The first kappa shape index (κ1) is 18.7. The summed E-state index contributed by atoms with van der Waals surface area (Å²) in [5, 5.41) is 2.92. The molecule has 0 saturated carbocycles. The predicted molar refractivity (Wildman–Crippen MR) is 96.5 cm³/mol. The first-order chi connectivity index (χ1) is 12.0. The molecule has 1 aromatic carbocycles. The van der Waals surface area contributed by atoms with Crippen LogP contribution in [-0.4, -0.2) is 42.8 Å². The van der Waals surface area contributed by atoms with Crippen molar-refractivity contribution in [1.29, 1.82) is 0 Å². The van der Waals surface area contributed by atoms with Crippen molar-refractivity contribution in [2.45, 2.75) is 6.54 Å². The highest BCUT2D eigenvalue weighted by molar-refractivity contribution is 7.71. The lowest BCUT2D eigenvalue weighted by atomic mass is 10.1. The Labute approximate surface area is 149 Å². The minimum absolute atomic E-state index is 0.0640. The van der Waals surface area contributed by atoms with Gasteiger partial charge in [0.15, 0.2) is 4.77 Å². The van der Waals surface area contributed by atoms with Gasteiger partial charge >= 0.3 is 0 Å². The maximum atomic E-state index is 11.9. The Kier molecular flexibility index (Phi) is 6.31. The number of benzene rings is 1. The smallest absolute Gasteiger partial charge is 0.252 e. The quantitative estimate of drug-likeness (QED) is 0.469. The van der Waals surface area contributed by atoms with Gasteiger partial charge in [0.05, 0.1) is 26.5 Å². The van der Waals surface area contributed by atoms with Crippen LogP contribution < -0.4 is 26.1 Å². The molecule has 8 nitrogen and oxygen atoms in total. The molecular weight excluding hydrogens is 344 g/mol. The van der Waals surface area contributed by atoms with E-state index in [-0.39, 0.29) is 16.9 Å². The number of primary amides is 1. The van der Waals surface area contributed by atoms with Gasteiger partial charge in [-0.15, -0.1) is 0 Å². The highest BCUT2D eigenvalue weighted by Crippen LogP contribution is 2.32. The van der Waals surface area contributed by atoms with E-state index in [1.165, 1.54) is 6.07 Å². The van der Waals surface area contributed by atoms with Crippen molar-refractivity contribution in [3.63, 3.8) is 0 Å². The maximum absolute atomic E-state index is 11.9. The molecule has 0 atom stereocenters. The third-order valence-electron chi connectivity index (χ3n) is 3.53. The Balaban J connectivity index is 2.48. The van der Waals surface area contributed by atoms with Crippen molar-refractivity contribution >= 4 is 18.1 Å². The highest BCUT2D eigenvalue weighted by Gasteiger charge is 2.13. The first-order valence-corrected chi connectivity index (χ1v) is 7.92. The summed E-state index contributed by atoms with van der Waals surface area (Å²) in [7, 11) is 3.11. The lowest BCUT2D eigenvalue weighted by molar-refractivity contribution is -0.117. The van der Waals surface area contributed by atoms with Crippen LogP contribution in [0.25, 0.3) is 11.3 Å². The van der Waals surface area contributed by atoms with E-state index in [4.69, 9.17) is 27.4 Å². The van der Waals surface area contributed by atoms with Crippen molar-refractivity contribution in [2.24, 2.45) is 5.73 Å². The van der Waals surface area contributed by atoms with Gasteiger partial charge in [0, 0.05) is 24.7 Å². The van der Waals surface area contributed by atoms with Crippen molar-refractivity contribution in [3.8, 4) is 22.8 Å². The second kappa shape index (κ2) is 8.45. The molecule has 0 saturated heterocycles. The number of H-pyrrole nitrogens is 1. The molecule has 0 radical (unpaired) electrons. The number of nitrogens with one attached hydrogen (secondary N) is 2. The summed E-state index contributed by atoms with van der Waals surface area (Å²) in [6, 6.07) is 6.74. The average Bonchev–Trinajstić information content (AvgIpc) is 2.58. The Morgan fingerprint density at radius 1 is 1.32 bits per heavy atom. The fourth-order valence-corrected chi connectivity index (χ4v) is 2.67. The zero-order valence-electron chi connectivity index (χ0n) is 14.0. The van der Waals surface area contributed by atoms with Crippen LogP contribution in [0, 0.1) is 4.77 Å². The summed E-state index contributed by atoms with van der Waals surface area (Å²) in [6.45, 7) is 0.940. The number of hydrogen-bond acceptors (Lipinski definition) is 6. The zero-order valence-corrected chi connectivity index (χ0v) is 14.8. The number of nitrogens with zero attached hydrogens (tertiary/aromatic N) is 1. The van der Waals surface area contributed by atoms with Gasteiger partial charge in [-0.2, -0.15) is 0 Å². The zero-order chi connectivity index (χ0) is 18.4. The Hall–Kier alpha value is -2.65. The molecule has 0 aliphatic heterocycles. The second-order valence-corrected chi connectivity index (χ2v) is 5.57. The molecule has 0 unspecified atom stereocenters. The summed E-state index contributed by atoms with van der Waals surface area (Å²) in [6.07, 6.45) is 0. The van der Waals surface area contributed by atoms with Crippen LogP contribution in [0.4, 0.5) is 0 Å². The lowest BCUT2D eigenvalue weighted by Gasteiger charge is -2.16. The SMILES string of the molecule is COc1ccc(OC)c(-c2cc(=O)[nH]c(=S)n2CCNCC(N)=O)c1. The second-order valence-electron chi connectivity index (χ2n) is 5.18. The summed E-state index contributed by atoms with van der Waals surface area (Å²) < 4.78 is 12.7. The minimum Gasteiger partial charge on any atom is -0.497 e. The fourth-order valence-electron chi connectivity index (χ4n) is 2.38. The number of methoxy groups -OCH3 is 2. The molecule has 134 valence electrons. The van der Waals surface area contributed by atoms with E-state index in [1.54, 1.807) is 37.0 Å². The number of ether oxygens (including phenoxy) is 2. The van der Waals surface area contributed by atoms with Crippen LogP contribution >= 0.6 is 12.2 Å². The van der Waals surface area contributed by atoms with Gasteiger partial charge in [-0.05, 0) is 30.4 Å². The minimum atomic E-state index is -0.445. The predicted octanol–water partition coefficient (Wildman–Crippen LogP) is 0.665. The molecular formula is C16H20N4O4S. The monoisotopic (exact) mass is 364 g/mol. The Morgan fingerprint density at radius 2 is 2.08 bits per heavy atom. The number of nitrogens with two attached hydrogens (primary N) is 1. The molecule has 0 fully saturated rings. The van der Waals surface area contributed by atoms with Crippen molar-refractivity contribution in [2.75, 3.05) is 27.3 Å². The number of hydrogen-bond donors (Lipinski definition) is 3. The number of carbonyl (C=O) groups excluding carboxylic acids is 1. The van der Waals surface area contributed by atoms with Gasteiger partial charge < -0.3 is 25.1 Å². The van der Waals surface area contributed by atoms with E-state index in [0.717, 1.165) is 0 Å². The van der Waals surface area contributed by atoms with Gasteiger partial charge in [-0.25, -0.2) is 0 Å². The van der Waals surface area contributed by atoms with E-state index in [0.29, 0.717) is 35.8 Å². The third-order valence-corrected chi connectivity index (χ3v) is 3.85. The molecule has 0 spiro atoms. The van der Waals surface area contributed by atoms with Crippen LogP contribution in [0.3, 0.4) is 0 Å². The van der Waals surface area contributed by atoms with E-state index in [1.807, 2.05) is 0 Å². The first-order valence-electron chi connectivity index (χ1n) is 7.52. The Morgan fingerprint density at radius 3 is 2.72 bits per heavy atom. The van der Waals surface area contributed by atoms with Crippen LogP contribution in [0.5, 0.6) is 11.5 Å². The van der Waals surface area contributed by atoms with E-state index in [9.17, 15) is 9.59 Å². The number of aromatic nitrogens is 2. The molecule has 25 heavy (non-hydrogen) atoms. The summed E-state index contributed by atoms with van der Waals surface area (Å²) in [5.41, 5.74) is 6.06. The molecule has 1 heterocycles. The topological polar surface area (TPSA) is 111 Å². The normalized spacial score (nSPS) is 10.5. The van der Waals surface area contributed by atoms with Crippen LogP contribution in [0.1, 0.15) is 0 Å². The van der Waals surface area contributed by atoms with Gasteiger partial charge in [-0.3, -0.25) is 14.6 Å². The van der Waals surface area contributed by atoms with Crippen LogP contribution in [-0.2, 0) is 11.3 Å². The molecule has 1 aromatic heterocycles. The summed E-state index contributed by atoms with van der Waals surface area (Å²) in [5.74, 6) is 0.764. The third kappa shape index (κ3) is 4.68. The standard InChI is InChI=1S/C16H20N4O4S/c1-23-10-3-4-13(24-2)11(7-10)12-8-15(22)19-16(25)20(12)6-5-18-9-14(17)21/h3-4,7-8,18H,5-6,9H2,1-2H3,(H2,17,21)(H,19,22,25). The molecule has 9 heteroatoms. The molecule has 4 N–H and O–H groups in total. The summed E-state index contributed by atoms with van der Waals surface area (Å²) in [4.78, 5) is 25.3. The molecule has 2 rings (SSSR count). The number of carbonyl (C=O) groups is 1. The van der Waals surface area contributed by atoms with Crippen molar-refractivity contribution in [1.82, 2.24) is 14.9 Å². The van der Waals surface area contributed by atoms with Crippen molar-refractivity contribution in [3.05, 3.63) is 39.4 Å². The molecule has 1 amide bonds. The average molecular weight is 364 g/mol. The maximum Gasteiger partial charge on any atom is 0.252 e. The lowest BCUT2D eigenvalue weighted by Crippen LogP contribution is -2.31. The van der Waals surface area contributed by atoms with Crippen LogP contribution in [0.2, 0.25) is 0 Å². The van der Waals surface area contributed by atoms with E-state index < -0.39 is 5.91 Å². The number of amides is 1. The Bertz CT molecular complexity index is 875. The van der Waals surface area contributed by atoms with Gasteiger partial charge in [0.25, 0.3) is 5.56 Å². The van der Waals surface area contributed by atoms with Gasteiger partial charge in [-0.1, -0.05) is 0 Å². The summed E-state index contributed by atoms with van der Waals surface area (Å²) >= 11 is 5.28.